The van der Waals surface area contributed by atoms with Gasteiger partial charge in [-0.15, -0.1) is 10.2 Å². The number of carbonyl (C=O) groups is 1. The van der Waals surface area contributed by atoms with E-state index in [2.05, 4.69) is 10.2 Å². The normalized spacial score (nSPS) is 12.8. The molecule has 0 aliphatic carbocycles. The van der Waals surface area contributed by atoms with Gasteiger partial charge >= 0.3 is 5.97 Å². The molecule has 0 bridgehead atoms. The summed E-state index contributed by atoms with van der Waals surface area (Å²) in [6.07, 6.45) is -1.79. The van der Waals surface area contributed by atoms with Gasteiger partial charge < -0.3 is 13.9 Å². The Morgan fingerprint density at radius 1 is 1.10 bits per heavy atom. The van der Waals surface area contributed by atoms with Crippen LogP contribution < -0.4 is 4.74 Å². The van der Waals surface area contributed by atoms with Crippen LogP contribution in [0.1, 0.15) is 25.8 Å². The predicted octanol–water partition coefficient (Wildman–Crippen LogP) is 3.86. The molecule has 0 amide bonds. The van der Waals surface area contributed by atoms with Gasteiger partial charge in [-0.3, -0.25) is 10.1 Å². The maximum absolute atomic E-state index is 12.9. The number of ether oxygens (including phenoxy) is 2. The van der Waals surface area contributed by atoms with E-state index in [1.54, 1.807) is 6.92 Å². The van der Waals surface area contributed by atoms with Crippen LogP contribution >= 0.6 is 0 Å². The highest BCUT2D eigenvalue weighted by Gasteiger charge is 2.24. The van der Waals surface area contributed by atoms with Crippen molar-refractivity contribution in [1.29, 1.82) is 0 Å². The molecule has 0 fully saturated rings. The number of nitrogens with zero attached hydrogens (tertiary/aromatic N) is 3. The summed E-state index contributed by atoms with van der Waals surface area (Å²) in [5, 5.41) is 18.4. The summed E-state index contributed by atoms with van der Waals surface area (Å²) in [5.41, 5.74) is 0.423. The first-order chi connectivity index (χ1) is 13.8. The smallest absolute Gasteiger partial charge is 0.347 e. The van der Waals surface area contributed by atoms with Crippen LogP contribution in [0.5, 0.6) is 5.75 Å². The van der Waals surface area contributed by atoms with Gasteiger partial charge in [0.25, 0.3) is 11.6 Å². The molecule has 0 radical (unpaired) electrons. The molecule has 1 aromatic heterocycles. The van der Waals surface area contributed by atoms with E-state index >= 15 is 0 Å². The van der Waals surface area contributed by atoms with Crippen LogP contribution in [-0.2, 0) is 9.53 Å². The van der Waals surface area contributed by atoms with Gasteiger partial charge in [0.05, 0.1) is 4.92 Å². The Balaban J connectivity index is 1.61. The fourth-order valence-electron chi connectivity index (χ4n) is 2.33. The minimum absolute atomic E-state index is 0.0562. The summed E-state index contributed by atoms with van der Waals surface area (Å²) < 4.78 is 29.1. The van der Waals surface area contributed by atoms with E-state index in [1.807, 2.05) is 0 Å². The molecule has 29 heavy (non-hydrogen) atoms. The maximum Gasteiger partial charge on any atom is 0.347 e. The quantitative estimate of drug-likeness (QED) is 0.333. The minimum Gasteiger partial charge on any atom is -0.479 e. The molecule has 2 aromatic carbocycles. The van der Waals surface area contributed by atoms with Crippen molar-refractivity contribution < 1.29 is 28.0 Å². The summed E-state index contributed by atoms with van der Waals surface area (Å²) in [7, 11) is 0. The highest BCUT2D eigenvalue weighted by molar-refractivity contribution is 5.74. The highest BCUT2D eigenvalue weighted by atomic mass is 19.1. The Hall–Kier alpha value is -3.82. The van der Waals surface area contributed by atoms with E-state index in [0.29, 0.717) is 11.3 Å². The molecule has 0 saturated heterocycles. The molecule has 3 rings (SSSR count). The number of carbonyl (C=O) groups excluding carboxylic acids is 1. The fourth-order valence-corrected chi connectivity index (χ4v) is 2.33. The Morgan fingerprint density at radius 3 is 2.38 bits per heavy atom. The van der Waals surface area contributed by atoms with Crippen molar-refractivity contribution in [3.8, 4) is 17.2 Å². The van der Waals surface area contributed by atoms with Gasteiger partial charge in [-0.1, -0.05) is 0 Å². The predicted molar refractivity (Wildman–Crippen MR) is 97.4 cm³/mol. The zero-order valence-electron chi connectivity index (χ0n) is 15.4. The second-order valence-corrected chi connectivity index (χ2v) is 6.04. The van der Waals surface area contributed by atoms with Crippen molar-refractivity contribution in [2.24, 2.45) is 0 Å². The molecular weight excluding hydrogens is 385 g/mol. The minimum atomic E-state index is -0.944. The lowest BCUT2D eigenvalue weighted by Crippen LogP contribution is -2.27. The molecule has 2 atom stereocenters. The van der Waals surface area contributed by atoms with Gasteiger partial charge in [-0.25, -0.2) is 9.18 Å². The summed E-state index contributed by atoms with van der Waals surface area (Å²) >= 11 is 0. The number of nitro benzene ring substituents is 1. The molecule has 0 unspecified atom stereocenters. The number of halogens is 1. The third-order valence-corrected chi connectivity index (χ3v) is 3.86. The number of aromatic nitrogens is 2. The monoisotopic (exact) mass is 401 g/mol. The SMILES string of the molecule is C[C@@H](Oc1ccc(F)cc1)C(=O)O[C@H](C)c1nnc(-c2ccc([N+](=O)[O-])cc2)o1. The summed E-state index contributed by atoms with van der Waals surface area (Å²) in [6, 6.07) is 10.8. The van der Waals surface area contributed by atoms with Crippen LogP contribution in [0, 0.1) is 15.9 Å². The molecule has 3 aromatic rings. The van der Waals surface area contributed by atoms with E-state index in [4.69, 9.17) is 13.9 Å². The molecule has 0 aliphatic rings. The molecule has 0 spiro atoms. The van der Waals surface area contributed by atoms with Crippen LogP contribution in [0.25, 0.3) is 11.5 Å². The average Bonchev–Trinajstić information content (AvgIpc) is 3.20. The summed E-state index contributed by atoms with van der Waals surface area (Å²) in [4.78, 5) is 22.4. The van der Waals surface area contributed by atoms with Crippen LogP contribution in [-0.4, -0.2) is 27.2 Å². The average molecular weight is 401 g/mol. The van der Waals surface area contributed by atoms with Crippen molar-refractivity contribution in [2.75, 3.05) is 0 Å². The number of rotatable bonds is 7. The van der Waals surface area contributed by atoms with Gasteiger partial charge in [0, 0.05) is 17.7 Å². The van der Waals surface area contributed by atoms with Gasteiger partial charge in [0.1, 0.15) is 11.6 Å². The number of non-ortho nitro benzene ring substituents is 1. The topological polar surface area (TPSA) is 118 Å². The Labute approximate surface area is 164 Å². The van der Waals surface area contributed by atoms with Crippen molar-refractivity contribution >= 4 is 11.7 Å². The van der Waals surface area contributed by atoms with Crippen molar-refractivity contribution in [2.45, 2.75) is 26.1 Å². The second-order valence-electron chi connectivity index (χ2n) is 6.04. The molecule has 10 heteroatoms. The van der Waals surface area contributed by atoms with Crippen LogP contribution in [0.3, 0.4) is 0 Å². The number of hydrogen-bond acceptors (Lipinski definition) is 8. The lowest BCUT2D eigenvalue weighted by molar-refractivity contribution is -0.384. The maximum atomic E-state index is 12.9. The Morgan fingerprint density at radius 2 is 1.76 bits per heavy atom. The first kappa shape index (κ1) is 19.9. The Kier molecular flexibility index (Phi) is 5.82. The van der Waals surface area contributed by atoms with Crippen LogP contribution in [0.4, 0.5) is 10.1 Å². The van der Waals surface area contributed by atoms with Gasteiger partial charge in [-0.05, 0) is 50.2 Å². The second kappa shape index (κ2) is 8.46. The molecule has 0 aliphatic heterocycles. The Bertz CT molecular complexity index is 1000. The molecule has 150 valence electrons. The largest absolute Gasteiger partial charge is 0.479 e. The third-order valence-electron chi connectivity index (χ3n) is 3.86. The zero-order valence-corrected chi connectivity index (χ0v) is 15.4. The van der Waals surface area contributed by atoms with Crippen molar-refractivity contribution in [1.82, 2.24) is 10.2 Å². The van der Waals surface area contributed by atoms with Gasteiger partial charge in [0.15, 0.2) is 12.2 Å². The number of nitro groups is 1. The molecular formula is C19H16FN3O6. The number of benzene rings is 2. The van der Waals surface area contributed by atoms with Crippen LogP contribution in [0.2, 0.25) is 0 Å². The van der Waals surface area contributed by atoms with Crippen LogP contribution in [0.15, 0.2) is 52.9 Å². The first-order valence-corrected chi connectivity index (χ1v) is 8.54. The van der Waals surface area contributed by atoms with E-state index < -0.39 is 28.9 Å². The molecule has 1 heterocycles. The van der Waals surface area contributed by atoms with Crippen molar-refractivity contribution in [3.05, 3.63) is 70.4 Å². The van der Waals surface area contributed by atoms with E-state index in [0.717, 1.165) is 0 Å². The van der Waals surface area contributed by atoms with Gasteiger partial charge in [0.2, 0.25) is 5.89 Å². The highest BCUT2D eigenvalue weighted by Crippen LogP contribution is 2.24. The molecule has 0 N–H and O–H groups in total. The van der Waals surface area contributed by atoms with Gasteiger partial charge in [-0.2, -0.15) is 0 Å². The standard InChI is InChI=1S/C19H16FN3O6/c1-11(28-19(24)12(2)27-16-9-5-14(20)6-10-16)17-21-22-18(29-17)13-3-7-15(8-4-13)23(25)26/h3-12H,1-2H3/t11-,12-/m1/s1. The van der Waals surface area contributed by atoms with Crippen molar-refractivity contribution in [3.63, 3.8) is 0 Å². The van der Waals surface area contributed by atoms with E-state index in [1.165, 1.54) is 55.5 Å². The fraction of sp³-hybridized carbons (Fsp3) is 0.211. The zero-order chi connectivity index (χ0) is 21.0. The lowest BCUT2D eigenvalue weighted by atomic mass is 10.2. The number of esters is 1. The summed E-state index contributed by atoms with van der Waals surface area (Å²) in [6.45, 7) is 3.05. The first-order valence-electron chi connectivity index (χ1n) is 8.54. The van der Waals surface area contributed by atoms with E-state index in [9.17, 15) is 19.3 Å². The third kappa shape index (κ3) is 4.92. The molecule has 9 nitrogen and oxygen atoms in total. The molecule has 0 saturated carbocycles. The lowest BCUT2D eigenvalue weighted by Gasteiger charge is -2.16. The van der Waals surface area contributed by atoms with E-state index in [-0.39, 0.29) is 17.5 Å². The summed E-state index contributed by atoms with van der Waals surface area (Å²) in [5.74, 6) is -0.575. The number of hydrogen-bond donors (Lipinski definition) is 0.